The van der Waals surface area contributed by atoms with Crippen LogP contribution in [0.4, 0.5) is 10.8 Å². The van der Waals surface area contributed by atoms with Gasteiger partial charge in [0.05, 0.1) is 41.6 Å². The van der Waals surface area contributed by atoms with Crippen molar-refractivity contribution in [1.29, 1.82) is 0 Å². The molecule has 3 aromatic carbocycles. The lowest BCUT2D eigenvalue weighted by atomic mass is 10.0. The highest BCUT2D eigenvalue weighted by Gasteiger charge is 2.37. The Labute approximate surface area is 250 Å². The van der Waals surface area contributed by atoms with Crippen LogP contribution < -0.4 is 14.6 Å². The molecule has 204 valence electrons. The van der Waals surface area contributed by atoms with Crippen molar-refractivity contribution in [2.24, 2.45) is 5.10 Å². The molecule has 8 nitrogen and oxygen atoms in total. The number of carbonyl (C=O) groups excluding carboxylic acids is 2. The molecular formula is C31H23BrN4O4S. The third kappa shape index (κ3) is 4.64. The number of halogens is 1. The SMILES string of the molecule is Br.COc1ccc(C2=NN(c3nc(-c4cccc(N5C(=O)c6ccccc6C5=O)c4)cs3)C(c3ccco3)C2)cc1. The summed E-state index contributed by atoms with van der Waals surface area (Å²) in [6, 6.07) is 25.7. The smallest absolute Gasteiger partial charge is 0.266 e. The lowest BCUT2D eigenvalue weighted by Crippen LogP contribution is -2.29. The highest BCUT2D eigenvalue weighted by molar-refractivity contribution is 8.93. The Bertz CT molecular complexity index is 1750. The van der Waals surface area contributed by atoms with Gasteiger partial charge in [-0.2, -0.15) is 5.10 Å². The Balaban J connectivity index is 0.00000302. The molecule has 0 saturated carbocycles. The zero-order chi connectivity index (χ0) is 27.2. The van der Waals surface area contributed by atoms with Crippen molar-refractivity contribution in [2.45, 2.75) is 12.5 Å². The van der Waals surface area contributed by atoms with Crippen LogP contribution in [-0.4, -0.2) is 29.6 Å². The second-order valence-corrected chi connectivity index (χ2v) is 10.2. The topological polar surface area (TPSA) is 88.2 Å². The molecule has 2 aliphatic rings. The molecule has 0 spiro atoms. The number of nitrogens with zero attached hydrogens (tertiary/aromatic N) is 4. The van der Waals surface area contributed by atoms with Crippen LogP contribution in [-0.2, 0) is 0 Å². The first-order valence-corrected chi connectivity index (χ1v) is 13.6. The van der Waals surface area contributed by atoms with E-state index in [2.05, 4.69) is 0 Å². The second-order valence-electron chi connectivity index (χ2n) is 9.41. The molecule has 1 unspecified atom stereocenters. The summed E-state index contributed by atoms with van der Waals surface area (Å²) in [5.74, 6) is 0.942. The van der Waals surface area contributed by atoms with Gasteiger partial charge in [0.2, 0.25) is 5.13 Å². The summed E-state index contributed by atoms with van der Waals surface area (Å²) in [5, 5.41) is 9.52. The minimum absolute atomic E-state index is 0. The van der Waals surface area contributed by atoms with Gasteiger partial charge in [-0.05, 0) is 66.2 Å². The molecule has 0 N–H and O–H groups in total. The summed E-state index contributed by atoms with van der Waals surface area (Å²) in [7, 11) is 1.65. The molecule has 0 bridgehead atoms. The van der Waals surface area contributed by atoms with Gasteiger partial charge in [0.25, 0.3) is 11.8 Å². The first kappa shape index (κ1) is 26.7. The van der Waals surface area contributed by atoms with Crippen molar-refractivity contribution >= 4 is 56.7 Å². The van der Waals surface area contributed by atoms with Crippen LogP contribution in [0.3, 0.4) is 0 Å². The Morgan fingerprint density at radius 2 is 1.66 bits per heavy atom. The van der Waals surface area contributed by atoms with Crippen LogP contribution >= 0.6 is 28.3 Å². The number of fused-ring (bicyclic) bond motifs is 1. The number of hydrogen-bond acceptors (Lipinski definition) is 8. The van der Waals surface area contributed by atoms with E-state index < -0.39 is 0 Å². The van der Waals surface area contributed by atoms with Crippen LogP contribution in [0.2, 0.25) is 0 Å². The van der Waals surface area contributed by atoms with Gasteiger partial charge in [-0.25, -0.2) is 14.9 Å². The van der Waals surface area contributed by atoms with Gasteiger partial charge in [0, 0.05) is 17.4 Å². The van der Waals surface area contributed by atoms with Crippen LogP contribution in [0.15, 0.2) is 106 Å². The Hall–Kier alpha value is -4.54. The van der Waals surface area contributed by atoms with E-state index in [0.29, 0.717) is 28.4 Å². The summed E-state index contributed by atoms with van der Waals surface area (Å²) in [6.07, 6.45) is 2.32. The Morgan fingerprint density at radius 3 is 2.34 bits per heavy atom. The molecule has 1 atom stereocenters. The maximum atomic E-state index is 13.0. The molecule has 0 fully saturated rings. The zero-order valence-electron chi connectivity index (χ0n) is 21.8. The van der Waals surface area contributed by atoms with Crippen LogP contribution in [0.1, 0.15) is 44.5 Å². The lowest BCUT2D eigenvalue weighted by molar-refractivity contribution is 0.0926. The number of thiazole rings is 1. The molecule has 41 heavy (non-hydrogen) atoms. The van der Waals surface area contributed by atoms with Crippen molar-refractivity contribution in [3.05, 3.63) is 119 Å². The zero-order valence-corrected chi connectivity index (χ0v) is 24.3. The van der Waals surface area contributed by atoms with Crippen molar-refractivity contribution in [3.8, 4) is 17.0 Å². The van der Waals surface area contributed by atoms with Crippen molar-refractivity contribution in [3.63, 3.8) is 0 Å². The largest absolute Gasteiger partial charge is 0.497 e. The van der Waals surface area contributed by atoms with Gasteiger partial charge in [0.1, 0.15) is 17.6 Å². The van der Waals surface area contributed by atoms with E-state index in [9.17, 15) is 9.59 Å². The Morgan fingerprint density at radius 1 is 0.902 bits per heavy atom. The molecule has 0 radical (unpaired) electrons. The fraction of sp³-hybridized carbons (Fsp3) is 0.0968. The van der Waals surface area contributed by atoms with E-state index in [1.165, 1.54) is 16.2 Å². The lowest BCUT2D eigenvalue weighted by Gasteiger charge is -2.18. The van der Waals surface area contributed by atoms with Crippen LogP contribution in [0.5, 0.6) is 5.75 Å². The van der Waals surface area contributed by atoms with Gasteiger partial charge in [0.15, 0.2) is 0 Å². The number of imide groups is 1. The molecule has 4 heterocycles. The number of methoxy groups -OCH3 is 1. The summed E-state index contributed by atoms with van der Waals surface area (Å²) >= 11 is 1.47. The monoisotopic (exact) mass is 626 g/mol. The van der Waals surface area contributed by atoms with Gasteiger partial charge in [-0.15, -0.1) is 28.3 Å². The average molecular weight is 628 g/mol. The molecule has 7 rings (SSSR count). The normalized spacial score (nSPS) is 16.0. The predicted octanol–water partition coefficient (Wildman–Crippen LogP) is 7.15. The predicted molar refractivity (Wildman–Crippen MR) is 164 cm³/mol. The molecule has 0 saturated heterocycles. The van der Waals surface area contributed by atoms with E-state index in [0.717, 1.165) is 34.0 Å². The summed E-state index contributed by atoms with van der Waals surface area (Å²) in [4.78, 5) is 32.2. The van der Waals surface area contributed by atoms with E-state index in [1.807, 2.05) is 65.0 Å². The molecule has 10 heteroatoms. The first-order valence-electron chi connectivity index (χ1n) is 12.7. The fourth-order valence-electron chi connectivity index (χ4n) is 5.08. The number of carbonyl (C=O) groups is 2. The van der Waals surface area contributed by atoms with Gasteiger partial charge in [-0.3, -0.25) is 9.59 Å². The summed E-state index contributed by atoms with van der Waals surface area (Å²) in [6.45, 7) is 0. The van der Waals surface area contributed by atoms with E-state index in [-0.39, 0.29) is 34.8 Å². The maximum Gasteiger partial charge on any atom is 0.266 e. The van der Waals surface area contributed by atoms with Crippen molar-refractivity contribution in [2.75, 3.05) is 17.0 Å². The highest BCUT2D eigenvalue weighted by atomic mass is 79.9. The van der Waals surface area contributed by atoms with E-state index >= 15 is 0 Å². The third-order valence-corrected chi connectivity index (χ3v) is 7.92. The molecule has 2 aliphatic heterocycles. The second kappa shape index (κ2) is 10.8. The number of anilines is 2. The molecule has 5 aromatic rings. The summed E-state index contributed by atoms with van der Waals surface area (Å²) in [5.41, 5.74) is 4.79. The average Bonchev–Trinajstić information content (AvgIpc) is 3.80. The number of hydrogen-bond donors (Lipinski definition) is 0. The number of ether oxygens (including phenoxy) is 1. The molecule has 2 amide bonds. The molecule has 2 aromatic heterocycles. The number of benzene rings is 3. The van der Waals surface area contributed by atoms with Gasteiger partial charge in [-0.1, -0.05) is 24.3 Å². The van der Waals surface area contributed by atoms with Crippen molar-refractivity contribution < 1.29 is 18.7 Å². The number of furan rings is 1. The van der Waals surface area contributed by atoms with E-state index in [1.54, 1.807) is 43.7 Å². The number of amides is 2. The third-order valence-electron chi connectivity index (χ3n) is 7.09. The van der Waals surface area contributed by atoms with Crippen LogP contribution in [0, 0.1) is 0 Å². The highest BCUT2D eigenvalue weighted by Crippen LogP contribution is 2.40. The number of hydrazone groups is 1. The Kier molecular flexibility index (Phi) is 7.02. The van der Waals surface area contributed by atoms with Crippen molar-refractivity contribution in [1.82, 2.24) is 4.98 Å². The quantitative estimate of drug-likeness (QED) is 0.186. The number of aromatic nitrogens is 1. The van der Waals surface area contributed by atoms with Gasteiger partial charge < -0.3 is 9.15 Å². The first-order chi connectivity index (χ1) is 19.6. The molecule has 0 aliphatic carbocycles. The summed E-state index contributed by atoms with van der Waals surface area (Å²) < 4.78 is 11.1. The minimum Gasteiger partial charge on any atom is -0.497 e. The fourth-order valence-corrected chi connectivity index (χ4v) is 5.91. The minimum atomic E-state index is -0.324. The molecular weight excluding hydrogens is 604 g/mol. The maximum absolute atomic E-state index is 13.0. The van der Waals surface area contributed by atoms with Crippen LogP contribution in [0.25, 0.3) is 11.3 Å². The van der Waals surface area contributed by atoms with E-state index in [4.69, 9.17) is 19.2 Å². The number of rotatable bonds is 6. The van der Waals surface area contributed by atoms with Gasteiger partial charge >= 0.3 is 0 Å². The standard InChI is InChI=1S/C31H22N4O4S.BrH/c1-38-22-13-11-19(12-14-22)25-17-27(28-10-5-15-39-28)35(33-25)31-32-26(18-40-31)20-6-4-7-21(16-20)34-29(36)23-8-2-3-9-24(23)30(34)37;/h2-16,18,27H,17H2,1H3;1H.